The lowest BCUT2D eigenvalue weighted by atomic mass is 10.1. The number of hydrogen-bond acceptors (Lipinski definition) is 3. The van der Waals surface area contributed by atoms with Crippen molar-refractivity contribution in [2.24, 2.45) is 0 Å². The Morgan fingerprint density at radius 2 is 1.61 bits per heavy atom. The number of amides is 2. The quantitative estimate of drug-likeness (QED) is 0.842. The topological polar surface area (TPSA) is 49.9 Å². The van der Waals surface area contributed by atoms with Crippen molar-refractivity contribution in [1.82, 2.24) is 9.80 Å². The van der Waals surface area contributed by atoms with Crippen LogP contribution in [0, 0.1) is 0 Å². The molecule has 0 N–H and O–H groups in total. The largest absolute Gasteiger partial charge is 0.444 e. The van der Waals surface area contributed by atoms with E-state index in [0.717, 1.165) is 12.0 Å². The lowest BCUT2D eigenvalue weighted by molar-refractivity contribution is -0.130. The number of nitrogens with zero attached hydrogens (tertiary/aromatic N) is 2. The molecule has 0 atom stereocenters. The van der Waals surface area contributed by atoms with Crippen molar-refractivity contribution >= 4 is 12.0 Å². The van der Waals surface area contributed by atoms with Crippen molar-refractivity contribution in [3.05, 3.63) is 35.9 Å². The SMILES string of the molecule is CC(C)(C)OC(=O)N1CCCN(C(=O)Cc2ccccc2)CC1. The smallest absolute Gasteiger partial charge is 0.410 e. The number of carbonyl (C=O) groups excluding carboxylic acids is 2. The summed E-state index contributed by atoms with van der Waals surface area (Å²) in [5.74, 6) is 0.113. The molecule has 0 radical (unpaired) electrons. The van der Waals surface area contributed by atoms with E-state index in [4.69, 9.17) is 4.74 Å². The first-order valence-corrected chi connectivity index (χ1v) is 8.15. The van der Waals surface area contributed by atoms with Crippen molar-refractivity contribution in [3.8, 4) is 0 Å². The van der Waals surface area contributed by atoms with Crippen molar-refractivity contribution < 1.29 is 14.3 Å². The average Bonchev–Trinajstić information content (AvgIpc) is 2.72. The van der Waals surface area contributed by atoms with Gasteiger partial charge in [-0.15, -0.1) is 0 Å². The van der Waals surface area contributed by atoms with Gasteiger partial charge in [0.05, 0.1) is 6.42 Å². The molecule has 23 heavy (non-hydrogen) atoms. The fraction of sp³-hybridized carbons (Fsp3) is 0.556. The number of carbonyl (C=O) groups is 2. The molecule has 1 aromatic rings. The molecule has 5 heteroatoms. The number of hydrogen-bond donors (Lipinski definition) is 0. The molecule has 1 fully saturated rings. The second kappa shape index (κ2) is 7.49. The van der Waals surface area contributed by atoms with Gasteiger partial charge in [0.15, 0.2) is 0 Å². The monoisotopic (exact) mass is 318 g/mol. The van der Waals surface area contributed by atoms with Gasteiger partial charge in [0.2, 0.25) is 5.91 Å². The summed E-state index contributed by atoms with van der Waals surface area (Å²) >= 11 is 0. The van der Waals surface area contributed by atoms with Crippen LogP contribution in [0.1, 0.15) is 32.8 Å². The first kappa shape index (κ1) is 17.3. The van der Waals surface area contributed by atoms with Crippen LogP contribution in [-0.4, -0.2) is 53.6 Å². The molecule has 2 amide bonds. The Hall–Kier alpha value is -2.04. The van der Waals surface area contributed by atoms with Gasteiger partial charge in [-0.05, 0) is 32.8 Å². The van der Waals surface area contributed by atoms with Crippen LogP contribution in [-0.2, 0) is 16.0 Å². The van der Waals surface area contributed by atoms with E-state index >= 15 is 0 Å². The van der Waals surface area contributed by atoms with Crippen LogP contribution < -0.4 is 0 Å². The van der Waals surface area contributed by atoms with Gasteiger partial charge in [-0.2, -0.15) is 0 Å². The summed E-state index contributed by atoms with van der Waals surface area (Å²) in [6.45, 7) is 7.98. The van der Waals surface area contributed by atoms with E-state index in [-0.39, 0.29) is 12.0 Å². The van der Waals surface area contributed by atoms with Gasteiger partial charge in [-0.25, -0.2) is 4.79 Å². The van der Waals surface area contributed by atoms with Crippen molar-refractivity contribution in [1.29, 1.82) is 0 Å². The van der Waals surface area contributed by atoms with Crippen molar-refractivity contribution in [3.63, 3.8) is 0 Å². The third kappa shape index (κ3) is 5.58. The molecule has 5 nitrogen and oxygen atoms in total. The zero-order valence-corrected chi connectivity index (χ0v) is 14.2. The average molecular weight is 318 g/mol. The van der Waals surface area contributed by atoms with Crippen molar-refractivity contribution in [2.75, 3.05) is 26.2 Å². The number of benzene rings is 1. The van der Waals surface area contributed by atoms with E-state index in [9.17, 15) is 9.59 Å². The highest BCUT2D eigenvalue weighted by molar-refractivity contribution is 5.79. The molecule has 1 aliphatic heterocycles. The zero-order valence-electron chi connectivity index (χ0n) is 14.2. The van der Waals surface area contributed by atoms with E-state index in [2.05, 4.69) is 0 Å². The summed E-state index contributed by atoms with van der Waals surface area (Å²) in [6, 6.07) is 9.74. The maximum Gasteiger partial charge on any atom is 0.410 e. The Morgan fingerprint density at radius 1 is 1.00 bits per heavy atom. The van der Waals surface area contributed by atoms with Gasteiger partial charge in [0, 0.05) is 26.2 Å². The minimum atomic E-state index is -0.494. The van der Waals surface area contributed by atoms with E-state index in [0.29, 0.717) is 32.6 Å². The first-order valence-electron chi connectivity index (χ1n) is 8.15. The fourth-order valence-corrected chi connectivity index (χ4v) is 2.56. The molecular formula is C18H26N2O3. The molecule has 1 aliphatic rings. The van der Waals surface area contributed by atoms with Gasteiger partial charge in [0.25, 0.3) is 0 Å². The summed E-state index contributed by atoms with van der Waals surface area (Å²) in [6.07, 6.45) is 0.891. The molecule has 1 aromatic carbocycles. The Balaban J connectivity index is 1.88. The second-order valence-electron chi connectivity index (χ2n) is 6.86. The zero-order chi connectivity index (χ0) is 16.9. The van der Waals surface area contributed by atoms with E-state index in [1.807, 2.05) is 56.0 Å². The van der Waals surface area contributed by atoms with Gasteiger partial charge >= 0.3 is 6.09 Å². The predicted octanol–water partition coefficient (Wildman–Crippen LogP) is 2.70. The molecule has 1 heterocycles. The molecule has 0 spiro atoms. The standard InChI is InChI=1S/C18H26N2O3/c1-18(2,3)23-17(22)20-11-7-10-19(12-13-20)16(21)14-15-8-5-4-6-9-15/h4-6,8-9H,7,10-14H2,1-3H3. The Labute approximate surface area is 138 Å². The summed E-state index contributed by atoms with van der Waals surface area (Å²) in [7, 11) is 0. The number of ether oxygens (including phenoxy) is 1. The maximum absolute atomic E-state index is 12.4. The normalized spacial score (nSPS) is 16.0. The summed E-state index contributed by atoms with van der Waals surface area (Å²) in [5, 5.41) is 0. The van der Waals surface area contributed by atoms with Crippen LogP contribution >= 0.6 is 0 Å². The molecule has 1 saturated heterocycles. The molecule has 0 unspecified atom stereocenters. The molecule has 0 aliphatic carbocycles. The van der Waals surface area contributed by atoms with Gasteiger partial charge < -0.3 is 14.5 Å². The first-order chi connectivity index (χ1) is 10.8. The highest BCUT2D eigenvalue weighted by atomic mass is 16.6. The van der Waals surface area contributed by atoms with Crippen LogP contribution in [0.15, 0.2) is 30.3 Å². The van der Waals surface area contributed by atoms with Crippen LogP contribution in [0.5, 0.6) is 0 Å². The van der Waals surface area contributed by atoms with E-state index in [1.54, 1.807) is 4.90 Å². The molecular weight excluding hydrogens is 292 g/mol. The maximum atomic E-state index is 12.4. The van der Waals surface area contributed by atoms with E-state index < -0.39 is 5.60 Å². The molecule has 2 rings (SSSR count). The van der Waals surface area contributed by atoms with Crippen LogP contribution in [0.4, 0.5) is 4.79 Å². The molecule has 0 aromatic heterocycles. The molecule has 126 valence electrons. The Kier molecular flexibility index (Phi) is 5.64. The third-order valence-corrected chi connectivity index (χ3v) is 3.70. The summed E-state index contributed by atoms with van der Waals surface area (Å²) in [4.78, 5) is 28.1. The third-order valence-electron chi connectivity index (χ3n) is 3.70. The Bertz CT molecular complexity index is 537. The minimum absolute atomic E-state index is 0.113. The van der Waals surface area contributed by atoms with Crippen LogP contribution in [0.3, 0.4) is 0 Å². The highest BCUT2D eigenvalue weighted by Gasteiger charge is 2.25. The second-order valence-corrected chi connectivity index (χ2v) is 6.86. The summed E-state index contributed by atoms with van der Waals surface area (Å²) in [5.41, 5.74) is 0.525. The lowest BCUT2D eigenvalue weighted by Crippen LogP contribution is -2.40. The fourth-order valence-electron chi connectivity index (χ4n) is 2.56. The van der Waals surface area contributed by atoms with Crippen LogP contribution in [0.2, 0.25) is 0 Å². The van der Waals surface area contributed by atoms with E-state index in [1.165, 1.54) is 0 Å². The Morgan fingerprint density at radius 3 is 2.26 bits per heavy atom. The highest BCUT2D eigenvalue weighted by Crippen LogP contribution is 2.13. The molecule has 0 bridgehead atoms. The van der Waals surface area contributed by atoms with Gasteiger partial charge in [0.1, 0.15) is 5.60 Å². The number of rotatable bonds is 2. The van der Waals surface area contributed by atoms with Gasteiger partial charge in [-0.3, -0.25) is 4.79 Å². The van der Waals surface area contributed by atoms with Crippen molar-refractivity contribution in [2.45, 2.75) is 39.2 Å². The molecule has 0 saturated carbocycles. The minimum Gasteiger partial charge on any atom is -0.444 e. The van der Waals surface area contributed by atoms with Crippen LogP contribution in [0.25, 0.3) is 0 Å². The predicted molar refractivity (Wildman–Crippen MR) is 89.2 cm³/mol. The van der Waals surface area contributed by atoms with Gasteiger partial charge in [-0.1, -0.05) is 30.3 Å². The summed E-state index contributed by atoms with van der Waals surface area (Å²) < 4.78 is 5.41. The lowest BCUT2D eigenvalue weighted by Gasteiger charge is -2.26.